The molecule has 14 heteroatoms. The summed E-state index contributed by atoms with van der Waals surface area (Å²) in [5, 5.41) is 0.699. The monoisotopic (exact) mass is 522 g/mol. The van der Waals surface area contributed by atoms with Crippen LogP contribution in [0.3, 0.4) is 0 Å². The molecule has 0 radical (unpaired) electrons. The highest BCUT2D eigenvalue weighted by Crippen LogP contribution is 2.31. The third kappa shape index (κ3) is 8.56. The molecule has 2 fully saturated rings. The number of nitrogens with one attached hydrogen (secondary N) is 1. The molecule has 0 saturated carbocycles. The molecule has 2 saturated heterocycles. The first-order chi connectivity index (χ1) is 16.5. The van der Waals surface area contributed by atoms with Crippen LogP contribution in [0.1, 0.15) is 65.7 Å². The van der Waals surface area contributed by atoms with Crippen molar-refractivity contribution in [2.75, 3.05) is 32.9 Å². The number of hydrogen-bond acceptors (Lipinski definition) is 10. The van der Waals surface area contributed by atoms with E-state index in [4.69, 9.17) is 23.8 Å². The smallest absolute Gasteiger partial charge is 0.421 e. The Balaban J connectivity index is 1.84. The first-order valence-electron chi connectivity index (χ1n) is 12.0. The number of urea groups is 1. The standard InChI is InChI=1S/C21H38N4O9S/c1-4-5-6-7-8-12-31-19(27)21(2,3)15-33-35(29,30)34-25-16-9-10-17(24(14-16)20(25)28)18(26)23-32-13-11-22/h16-17H,4-15,22H2,1-3H3,(H,23,26)/t16-,17+/m1/s1. The van der Waals surface area contributed by atoms with E-state index in [2.05, 4.69) is 12.4 Å². The second kappa shape index (κ2) is 13.3. The van der Waals surface area contributed by atoms with Crippen LogP contribution in [-0.2, 0) is 38.0 Å². The van der Waals surface area contributed by atoms with Gasteiger partial charge in [-0.15, -0.1) is 4.28 Å². The largest absolute Gasteiger partial charge is 0.465 e. The van der Waals surface area contributed by atoms with E-state index < -0.39 is 52.4 Å². The Labute approximate surface area is 206 Å². The van der Waals surface area contributed by atoms with Crippen LogP contribution >= 0.6 is 0 Å². The molecule has 2 aliphatic rings. The van der Waals surface area contributed by atoms with Crippen LogP contribution in [0.15, 0.2) is 0 Å². The van der Waals surface area contributed by atoms with Crippen LogP contribution in [0, 0.1) is 5.41 Å². The summed E-state index contributed by atoms with van der Waals surface area (Å²) in [7, 11) is -4.66. The van der Waals surface area contributed by atoms with Crippen molar-refractivity contribution in [1.29, 1.82) is 0 Å². The summed E-state index contributed by atoms with van der Waals surface area (Å²) in [5.74, 6) is -1.12. The van der Waals surface area contributed by atoms with Crippen molar-refractivity contribution >= 4 is 28.3 Å². The molecular weight excluding hydrogens is 484 g/mol. The van der Waals surface area contributed by atoms with Crippen LogP contribution in [0.4, 0.5) is 4.79 Å². The highest BCUT2D eigenvalue weighted by molar-refractivity contribution is 7.81. The lowest BCUT2D eigenvalue weighted by Gasteiger charge is -2.28. The predicted octanol–water partition coefficient (Wildman–Crippen LogP) is 0.994. The van der Waals surface area contributed by atoms with Gasteiger partial charge in [0.15, 0.2) is 0 Å². The number of fused-ring (bicyclic) bond motifs is 2. The fourth-order valence-electron chi connectivity index (χ4n) is 3.72. The van der Waals surface area contributed by atoms with E-state index >= 15 is 0 Å². The Hall–Kier alpha value is -2.00. The number of carbonyl (C=O) groups excluding carboxylic acids is 3. The fraction of sp³-hybridized carbons (Fsp3) is 0.857. The zero-order valence-corrected chi connectivity index (χ0v) is 21.5. The Bertz CT molecular complexity index is 837. The predicted molar refractivity (Wildman–Crippen MR) is 123 cm³/mol. The van der Waals surface area contributed by atoms with Crippen LogP contribution in [0.2, 0.25) is 0 Å². The highest BCUT2D eigenvalue weighted by Gasteiger charge is 2.49. The van der Waals surface area contributed by atoms with Gasteiger partial charge in [-0.3, -0.25) is 14.4 Å². The summed E-state index contributed by atoms with van der Waals surface area (Å²) in [5.41, 5.74) is 6.29. The van der Waals surface area contributed by atoms with E-state index in [-0.39, 0.29) is 26.3 Å². The van der Waals surface area contributed by atoms with Crippen LogP contribution < -0.4 is 11.2 Å². The third-order valence-electron chi connectivity index (χ3n) is 5.79. The topological polar surface area (TPSA) is 167 Å². The molecular formula is C21H38N4O9S. The Morgan fingerprint density at radius 1 is 1.14 bits per heavy atom. The minimum Gasteiger partial charge on any atom is -0.465 e. The molecule has 0 aromatic carbocycles. The fourth-order valence-corrected chi connectivity index (χ4v) is 4.58. The number of piperidine rings is 1. The van der Waals surface area contributed by atoms with E-state index in [1.165, 1.54) is 18.7 Å². The molecule has 0 aromatic rings. The van der Waals surface area contributed by atoms with Gasteiger partial charge >= 0.3 is 22.4 Å². The SMILES string of the molecule is CCCCCCCOC(=O)C(C)(C)COS(=O)(=O)ON1C(=O)N2C[C@H]1CC[C@H]2C(=O)NOCCN. The lowest BCUT2D eigenvalue weighted by atomic mass is 9.95. The molecule has 0 aliphatic carbocycles. The van der Waals surface area contributed by atoms with Crippen molar-refractivity contribution in [1.82, 2.24) is 15.4 Å². The number of rotatable bonds is 16. The van der Waals surface area contributed by atoms with Crippen LogP contribution in [0.25, 0.3) is 0 Å². The van der Waals surface area contributed by atoms with Gasteiger partial charge in [0.05, 0.1) is 31.3 Å². The summed E-state index contributed by atoms with van der Waals surface area (Å²) in [4.78, 5) is 43.5. The molecule has 2 rings (SSSR count). The summed E-state index contributed by atoms with van der Waals surface area (Å²) in [6, 6.07) is -2.18. The number of hydroxylamine groups is 3. The number of nitrogens with two attached hydrogens (primary N) is 1. The zero-order valence-electron chi connectivity index (χ0n) is 20.7. The maximum absolute atomic E-state index is 12.7. The average molecular weight is 523 g/mol. The maximum atomic E-state index is 12.7. The highest BCUT2D eigenvalue weighted by atomic mass is 32.3. The lowest BCUT2D eigenvalue weighted by Crippen LogP contribution is -2.50. The van der Waals surface area contributed by atoms with Gasteiger partial charge in [-0.25, -0.2) is 14.5 Å². The Morgan fingerprint density at radius 3 is 2.54 bits per heavy atom. The van der Waals surface area contributed by atoms with Crippen molar-refractivity contribution < 1.29 is 40.8 Å². The number of nitrogens with zero attached hydrogens (tertiary/aromatic N) is 2. The number of esters is 1. The molecule has 13 nitrogen and oxygen atoms in total. The van der Waals surface area contributed by atoms with Crippen molar-refractivity contribution in [3.63, 3.8) is 0 Å². The van der Waals surface area contributed by atoms with Gasteiger partial charge in [0, 0.05) is 13.1 Å². The molecule has 2 heterocycles. The molecule has 2 atom stereocenters. The molecule has 3 amide bonds. The first-order valence-corrected chi connectivity index (χ1v) is 13.3. The molecule has 202 valence electrons. The summed E-state index contributed by atoms with van der Waals surface area (Å²) in [6.45, 7) is 5.27. The Morgan fingerprint density at radius 2 is 1.86 bits per heavy atom. The van der Waals surface area contributed by atoms with Crippen molar-refractivity contribution in [2.24, 2.45) is 11.1 Å². The second-order valence-electron chi connectivity index (χ2n) is 9.29. The maximum Gasteiger partial charge on any atom is 0.421 e. The van der Waals surface area contributed by atoms with Crippen LogP contribution in [0.5, 0.6) is 0 Å². The second-order valence-corrected chi connectivity index (χ2v) is 10.5. The quantitative estimate of drug-likeness (QED) is 0.169. The molecule has 2 bridgehead atoms. The van der Waals surface area contributed by atoms with E-state index in [0.717, 1.165) is 32.1 Å². The lowest BCUT2D eigenvalue weighted by molar-refractivity contribution is -0.156. The Kier molecular flexibility index (Phi) is 11.1. The van der Waals surface area contributed by atoms with E-state index in [1.807, 2.05) is 0 Å². The molecule has 0 unspecified atom stereocenters. The molecule has 0 aromatic heterocycles. The van der Waals surface area contributed by atoms with Gasteiger partial charge < -0.3 is 15.4 Å². The summed E-state index contributed by atoms with van der Waals surface area (Å²) < 4.78 is 39.9. The number of amides is 3. The van der Waals surface area contributed by atoms with Gasteiger partial charge in [-0.2, -0.15) is 13.5 Å². The zero-order chi connectivity index (χ0) is 26.1. The first kappa shape index (κ1) is 29.2. The number of unbranched alkanes of at least 4 members (excludes halogenated alkanes) is 4. The number of ether oxygens (including phenoxy) is 1. The average Bonchev–Trinajstić information content (AvgIpc) is 3.04. The van der Waals surface area contributed by atoms with Gasteiger partial charge in [0.1, 0.15) is 6.04 Å². The summed E-state index contributed by atoms with van der Waals surface area (Å²) >= 11 is 0. The van der Waals surface area contributed by atoms with Crippen molar-refractivity contribution in [3.8, 4) is 0 Å². The van der Waals surface area contributed by atoms with E-state index in [9.17, 15) is 22.8 Å². The third-order valence-corrected chi connectivity index (χ3v) is 6.54. The molecule has 35 heavy (non-hydrogen) atoms. The normalized spacial score (nSPS) is 20.3. The van der Waals surface area contributed by atoms with Gasteiger partial charge in [-0.1, -0.05) is 32.6 Å². The number of carbonyl (C=O) groups is 3. The molecule has 2 aliphatic heterocycles. The minimum atomic E-state index is -4.66. The molecule has 3 N–H and O–H groups in total. The van der Waals surface area contributed by atoms with Gasteiger partial charge in [-0.05, 0) is 33.1 Å². The van der Waals surface area contributed by atoms with Crippen molar-refractivity contribution in [2.45, 2.75) is 77.8 Å². The molecule has 0 spiro atoms. The van der Waals surface area contributed by atoms with Crippen molar-refractivity contribution in [3.05, 3.63) is 0 Å². The number of hydrogen-bond donors (Lipinski definition) is 2. The van der Waals surface area contributed by atoms with E-state index in [1.54, 1.807) is 0 Å². The van der Waals surface area contributed by atoms with Gasteiger partial charge in [0.2, 0.25) is 0 Å². The minimum absolute atomic E-state index is 0.111. The van der Waals surface area contributed by atoms with E-state index in [0.29, 0.717) is 17.9 Å². The van der Waals surface area contributed by atoms with Crippen LogP contribution in [-0.4, -0.2) is 81.3 Å². The summed E-state index contributed by atoms with van der Waals surface area (Å²) in [6.07, 6.45) is 5.62. The van der Waals surface area contributed by atoms with Gasteiger partial charge in [0.25, 0.3) is 5.91 Å².